The molecule has 96 valence electrons. The van der Waals surface area contributed by atoms with Crippen LogP contribution in [0.4, 0.5) is 5.69 Å². The lowest BCUT2D eigenvalue weighted by atomic mass is 9.99. The molecule has 0 aromatic heterocycles. The van der Waals surface area contributed by atoms with Gasteiger partial charge in [-0.3, -0.25) is 14.9 Å². The Balaban J connectivity index is 3.10. The molecule has 1 rings (SSSR count). The Kier molecular flexibility index (Phi) is 4.20. The van der Waals surface area contributed by atoms with Crippen molar-refractivity contribution in [3.8, 4) is 0 Å². The van der Waals surface area contributed by atoms with Gasteiger partial charge in [0.05, 0.1) is 4.92 Å². The molecule has 0 fully saturated rings. The van der Waals surface area contributed by atoms with Crippen LogP contribution in [-0.4, -0.2) is 15.8 Å². The summed E-state index contributed by atoms with van der Waals surface area (Å²) in [5.74, 6) is -0.486. The number of nitrogens with zero attached hydrogens (tertiary/aromatic N) is 1. The number of aliphatic hydroxyl groups is 1. The molecule has 0 heterocycles. The van der Waals surface area contributed by atoms with Crippen LogP contribution in [-0.2, 0) is 4.79 Å². The number of rotatable bonds is 4. The Morgan fingerprint density at radius 1 is 1.28 bits per heavy atom. The summed E-state index contributed by atoms with van der Waals surface area (Å²) in [7, 11) is 0. The molecule has 0 spiro atoms. The average Bonchev–Trinajstić information content (AvgIpc) is 2.36. The number of nitro benzene ring substituents is 1. The molecule has 0 saturated carbocycles. The highest BCUT2D eigenvalue weighted by Gasteiger charge is 2.15. The lowest BCUT2D eigenvalue weighted by Gasteiger charge is -2.08. The summed E-state index contributed by atoms with van der Waals surface area (Å²) >= 11 is 0. The van der Waals surface area contributed by atoms with Gasteiger partial charge in [0, 0.05) is 29.2 Å². The normalized spacial score (nSPS) is 12.2. The largest absolute Gasteiger partial charge is 0.507 e. The topological polar surface area (TPSA) is 80.4 Å². The van der Waals surface area contributed by atoms with E-state index in [0.717, 1.165) is 0 Å². The van der Waals surface area contributed by atoms with E-state index in [0.29, 0.717) is 5.56 Å². The first-order chi connectivity index (χ1) is 8.34. The predicted octanol–water partition coefficient (Wildman–Crippen LogP) is 3.11. The maximum absolute atomic E-state index is 11.7. The van der Waals surface area contributed by atoms with Gasteiger partial charge >= 0.3 is 0 Å². The molecule has 1 aromatic carbocycles. The van der Waals surface area contributed by atoms with Gasteiger partial charge in [-0.2, -0.15) is 0 Å². The molecule has 0 atom stereocenters. The van der Waals surface area contributed by atoms with Crippen LogP contribution in [0, 0.1) is 16.0 Å². The summed E-state index contributed by atoms with van der Waals surface area (Å²) in [5, 5.41) is 20.4. The Labute approximate surface area is 105 Å². The Bertz CT molecular complexity index is 500. The van der Waals surface area contributed by atoms with E-state index in [1.807, 2.05) is 0 Å². The van der Waals surface area contributed by atoms with Gasteiger partial charge < -0.3 is 5.11 Å². The van der Waals surface area contributed by atoms with Gasteiger partial charge in [0.15, 0.2) is 5.78 Å². The van der Waals surface area contributed by atoms with Crippen LogP contribution >= 0.6 is 0 Å². The minimum absolute atomic E-state index is 0.0561. The zero-order valence-electron chi connectivity index (χ0n) is 10.5. The number of carbonyl (C=O) groups excluding carboxylic acids is 1. The van der Waals surface area contributed by atoms with Gasteiger partial charge in [-0.25, -0.2) is 0 Å². The van der Waals surface area contributed by atoms with Crippen LogP contribution in [0.5, 0.6) is 0 Å². The number of carbonyl (C=O) groups is 1. The Morgan fingerprint density at radius 3 is 2.17 bits per heavy atom. The van der Waals surface area contributed by atoms with Gasteiger partial charge in [0.2, 0.25) is 0 Å². The molecule has 0 bridgehead atoms. The summed E-state index contributed by atoms with van der Waals surface area (Å²) in [6.07, 6.45) is 0. The number of hydrogen-bond acceptors (Lipinski definition) is 4. The van der Waals surface area contributed by atoms with Gasteiger partial charge in [0.25, 0.3) is 5.69 Å². The van der Waals surface area contributed by atoms with Crippen LogP contribution in [0.15, 0.2) is 29.8 Å². The zero-order valence-corrected chi connectivity index (χ0v) is 10.5. The fourth-order valence-corrected chi connectivity index (χ4v) is 1.51. The van der Waals surface area contributed by atoms with Crippen molar-refractivity contribution in [2.24, 2.45) is 5.92 Å². The second-order valence-electron chi connectivity index (χ2n) is 4.30. The van der Waals surface area contributed by atoms with Crippen LogP contribution < -0.4 is 0 Å². The highest BCUT2D eigenvalue weighted by atomic mass is 16.6. The highest BCUT2D eigenvalue weighted by Crippen LogP contribution is 2.21. The average molecular weight is 249 g/mol. The van der Waals surface area contributed by atoms with E-state index < -0.39 is 4.92 Å². The first-order valence-electron chi connectivity index (χ1n) is 5.53. The second-order valence-corrected chi connectivity index (χ2v) is 4.30. The third-order valence-corrected chi connectivity index (χ3v) is 2.60. The molecule has 5 nitrogen and oxygen atoms in total. The lowest BCUT2D eigenvalue weighted by Crippen LogP contribution is -2.10. The summed E-state index contributed by atoms with van der Waals surface area (Å²) in [5.41, 5.74) is 0.602. The van der Waals surface area contributed by atoms with E-state index in [1.54, 1.807) is 20.8 Å². The van der Waals surface area contributed by atoms with E-state index in [4.69, 9.17) is 0 Å². The molecule has 1 N–H and O–H groups in total. The lowest BCUT2D eigenvalue weighted by molar-refractivity contribution is -0.384. The maximum Gasteiger partial charge on any atom is 0.269 e. The van der Waals surface area contributed by atoms with Crippen molar-refractivity contribution < 1.29 is 14.8 Å². The van der Waals surface area contributed by atoms with E-state index in [2.05, 4.69) is 0 Å². The van der Waals surface area contributed by atoms with E-state index in [-0.39, 0.29) is 28.7 Å². The Morgan fingerprint density at radius 2 is 1.78 bits per heavy atom. The fourth-order valence-electron chi connectivity index (χ4n) is 1.51. The van der Waals surface area contributed by atoms with Crippen molar-refractivity contribution in [2.45, 2.75) is 20.8 Å². The molecule has 0 amide bonds. The van der Waals surface area contributed by atoms with E-state index in [1.165, 1.54) is 24.3 Å². The maximum atomic E-state index is 11.7. The number of benzene rings is 1. The number of non-ortho nitro benzene ring substituents is 1. The van der Waals surface area contributed by atoms with Crippen LogP contribution in [0.25, 0.3) is 5.76 Å². The minimum Gasteiger partial charge on any atom is -0.507 e. The van der Waals surface area contributed by atoms with Crippen molar-refractivity contribution in [3.63, 3.8) is 0 Å². The number of ketones is 1. The predicted molar refractivity (Wildman–Crippen MR) is 68.2 cm³/mol. The molecule has 1 aromatic rings. The summed E-state index contributed by atoms with van der Waals surface area (Å²) < 4.78 is 0. The van der Waals surface area contributed by atoms with Gasteiger partial charge in [-0.15, -0.1) is 0 Å². The smallest absolute Gasteiger partial charge is 0.269 e. The van der Waals surface area contributed by atoms with Crippen LogP contribution in [0.3, 0.4) is 0 Å². The molecule has 0 saturated heterocycles. The van der Waals surface area contributed by atoms with E-state index in [9.17, 15) is 20.0 Å². The summed E-state index contributed by atoms with van der Waals surface area (Å²) in [6.45, 7) is 5.03. The highest BCUT2D eigenvalue weighted by molar-refractivity contribution is 6.01. The third-order valence-electron chi connectivity index (χ3n) is 2.60. The van der Waals surface area contributed by atoms with Crippen molar-refractivity contribution in [2.75, 3.05) is 0 Å². The molecule has 0 radical (unpaired) electrons. The molecule has 0 aliphatic carbocycles. The standard InChI is InChI=1S/C13H15NO4/c1-8(2)12(15)9(3)13(16)10-4-6-11(7-5-10)14(17)18/h4-8,16H,1-3H3. The monoisotopic (exact) mass is 249 g/mol. The number of aliphatic hydroxyl groups excluding tert-OH is 1. The fraction of sp³-hybridized carbons (Fsp3) is 0.308. The SMILES string of the molecule is CC(C(=O)C(C)C)=C(O)c1ccc([N+](=O)[O-])cc1. The summed E-state index contributed by atoms with van der Waals surface area (Å²) in [6, 6.07) is 5.42. The minimum atomic E-state index is -0.517. The van der Waals surface area contributed by atoms with Crippen molar-refractivity contribution in [1.82, 2.24) is 0 Å². The quantitative estimate of drug-likeness (QED) is 0.385. The number of allylic oxidation sites excluding steroid dienone is 1. The van der Waals surface area contributed by atoms with Crippen LogP contribution in [0.2, 0.25) is 0 Å². The number of hydrogen-bond donors (Lipinski definition) is 1. The second kappa shape index (κ2) is 5.44. The van der Waals surface area contributed by atoms with Gasteiger partial charge in [-0.05, 0) is 19.1 Å². The molecule has 0 unspecified atom stereocenters. The molecule has 5 heteroatoms. The molecule has 0 aliphatic heterocycles. The van der Waals surface area contributed by atoms with Crippen molar-refractivity contribution in [3.05, 3.63) is 45.5 Å². The van der Waals surface area contributed by atoms with E-state index >= 15 is 0 Å². The van der Waals surface area contributed by atoms with Gasteiger partial charge in [-0.1, -0.05) is 13.8 Å². The third kappa shape index (κ3) is 2.94. The molecular weight excluding hydrogens is 234 g/mol. The molecule has 18 heavy (non-hydrogen) atoms. The Hall–Kier alpha value is -2.17. The van der Waals surface area contributed by atoms with Crippen molar-refractivity contribution >= 4 is 17.2 Å². The van der Waals surface area contributed by atoms with Crippen molar-refractivity contribution in [1.29, 1.82) is 0 Å². The molecule has 0 aliphatic rings. The van der Waals surface area contributed by atoms with Crippen LogP contribution in [0.1, 0.15) is 26.3 Å². The molecular formula is C13H15NO4. The zero-order chi connectivity index (χ0) is 13.9. The van der Waals surface area contributed by atoms with Gasteiger partial charge in [0.1, 0.15) is 5.76 Å². The number of nitro groups is 1. The first-order valence-corrected chi connectivity index (χ1v) is 5.53. The summed E-state index contributed by atoms with van der Waals surface area (Å²) in [4.78, 5) is 21.7. The first kappa shape index (κ1) is 13.9. The number of Topliss-reactive ketones (excluding diaryl/α,β-unsaturated/α-hetero) is 1.